The molecule has 1 aromatic rings. The van der Waals surface area contributed by atoms with Crippen LogP contribution >= 0.6 is 0 Å². The summed E-state index contributed by atoms with van der Waals surface area (Å²) in [7, 11) is 0. The Labute approximate surface area is 103 Å². The number of nitrogens with zero attached hydrogens (tertiary/aromatic N) is 1. The first-order valence-corrected chi connectivity index (χ1v) is 5.32. The number of benzene rings is 1. The van der Waals surface area contributed by atoms with Crippen molar-refractivity contribution < 1.29 is 18.8 Å². The number of rotatable bonds is 5. The Morgan fingerprint density at radius 3 is 2.83 bits per heavy atom. The van der Waals surface area contributed by atoms with E-state index in [4.69, 9.17) is 4.74 Å². The highest BCUT2D eigenvalue weighted by atomic mass is 19.1. The summed E-state index contributed by atoms with van der Waals surface area (Å²) in [6, 6.07) is 2.32. The zero-order valence-corrected chi connectivity index (χ0v) is 9.97. The van der Waals surface area contributed by atoms with Gasteiger partial charge in [-0.3, -0.25) is 10.1 Å². The topological polar surface area (TPSA) is 81.5 Å². The minimum atomic E-state index is -0.755. The Bertz CT molecular complexity index is 464. The molecule has 18 heavy (non-hydrogen) atoms. The molecule has 0 saturated carbocycles. The molecule has 0 bridgehead atoms. The summed E-state index contributed by atoms with van der Waals surface area (Å²) < 4.78 is 17.7. The lowest BCUT2D eigenvalue weighted by molar-refractivity contribution is -0.384. The molecule has 0 aromatic heterocycles. The average molecular weight is 256 g/mol. The number of carbonyl (C=O) groups excluding carboxylic acids is 1. The van der Waals surface area contributed by atoms with Crippen molar-refractivity contribution in [2.24, 2.45) is 0 Å². The molecular formula is C11H13FN2O4. The van der Waals surface area contributed by atoms with Crippen molar-refractivity contribution in [2.45, 2.75) is 19.9 Å². The molecule has 1 atom stereocenters. The maximum absolute atomic E-state index is 12.9. The van der Waals surface area contributed by atoms with Crippen LogP contribution in [0.5, 0.6) is 0 Å². The highest BCUT2D eigenvalue weighted by Crippen LogP contribution is 2.25. The summed E-state index contributed by atoms with van der Waals surface area (Å²) in [4.78, 5) is 21.4. The standard InChI is InChI=1S/C11H13FN2O4/c1-3-18-11(15)7(2)13-9-5-4-8(12)6-10(9)14(16)17/h4-7,13H,3H2,1-2H3/t7-/m0/s1. The zero-order chi connectivity index (χ0) is 13.7. The number of hydrogen-bond acceptors (Lipinski definition) is 5. The smallest absolute Gasteiger partial charge is 0.328 e. The number of nitrogens with one attached hydrogen (secondary N) is 1. The zero-order valence-electron chi connectivity index (χ0n) is 9.97. The summed E-state index contributed by atoms with van der Waals surface area (Å²) in [6.07, 6.45) is 0. The summed E-state index contributed by atoms with van der Waals surface area (Å²) in [6.45, 7) is 3.38. The van der Waals surface area contributed by atoms with E-state index in [0.29, 0.717) is 0 Å². The quantitative estimate of drug-likeness (QED) is 0.495. The third-order valence-corrected chi connectivity index (χ3v) is 2.17. The van der Waals surface area contributed by atoms with Gasteiger partial charge in [0.25, 0.3) is 5.69 Å². The van der Waals surface area contributed by atoms with E-state index in [2.05, 4.69) is 5.32 Å². The largest absolute Gasteiger partial charge is 0.464 e. The molecule has 6 nitrogen and oxygen atoms in total. The average Bonchev–Trinajstić information content (AvgIpc) is 2.31. The van der Waals surface area contributed by atoms with Crippen LogP contribution in [0.25, 0.3) is 0 Å². The molecule has 0 spiro atoms. The predicted molar refractivity (Wildman–Crippen MR) is 62.8 cm³/mol. The van der Waals surface area contributed by atoms with Gasteiger partial charge in [0.15, 0.2) is 0 Å². The molecule has 1 rings (SSSR count). The van der Waals surface area contributed by atoms with Crippen LogP contribution in [0.15, 0.2) is 18.2 Å². The molecule has 0 amide bonds. The molecule has 0 aliphatic rings. The van der Waals surface area contributed by atoms with Gasteiger partial charge < -0.3 is 10.1 Å². The number of nitro groups is 1. The van der Waals surface area contributed by atoms with Gasteiger partial charge in [0.2, 0.25) is 0 Å². The van der Waals surface area contributed by atoms with Gasteiger partial charge >= 0.3 is 5.97 Å². The van der Waals surface area contributed by atoms with Gasteiger partial charge in [0, 0.05) is 0 Å². The Kier molecular flexibility index (Phi) is 4.59. The van der Waals surface area contributed by atoms with E-state index in [-0.39, 0.29) is 12.3 Å². The van der Waals surface area contributed by atoms with Gasteiger partial charge in [0.05, 0.1) is 17.6 Å². The molecule has 0 aliphatic carbocycles. The van der Waals surface area contributed by atoms with Crippen LogP contribution in [0.3, 0.4) is 0 Å². The van der Waals surface area contributed by atoms with Crippen LogP contribution in [-0.4, -0.2) is 23.5 Å². The van der Waals surface area contributed by atoms with E-state index < -0.39 is 28.4 Å². The molecule has 1 N–H and O–H groups in total. The fraction of sp³-hybridized carbons (Fsp3) is 0.364. The van der Waals surface area contributed by atoms with E-state index >= 15 is 0 Å². The highest BCUT2D eigenvalue weighted by Gasteiger charge is 2.20. The number of hydrogen-bond donors (Lipinski definition) is 1. The summed E-state index contributed by atoms with van der Waals surface area (Å²) in [5.74, 6) is -1.24. The first-order chi connectivity index (χ1) is 8.45. The molecule has 0 saturated heterocycles. The number of ether oxygens (including phenoxy) is 1. The number of anilines is 1. The summed E-state index contributed by atoms with van der Waals surface area (Å²) in [5.41, 5.74) is -0.354. The second kappa shape index (κ2) is 5.95. The molecule has 0 heterocycles. The molecule has 0 unspecified atom stereocenters. The van der Waals surface area contributed by atoms with Crippen LogP contribution < -0.4 is 5.32 Å². The number of halogens is 1. The van der Waals surface area contributed by atoms with Crippen LogP contribution in [0.1, 0.15) is 13.8 Å². The molecule has 0 fully saturated rings. The molecule has 7 heteroatoms. The SMILES string of the molecule is CCOC(=O)[C@H](C)Nc1ccc(F)cc1[N+](=O)[O-]. The van der Waals surface area contributed by atoms with Gasteiger partial charge in [-0.05, 0) is 26.0 Å². The normalized spacial score (nSPS) is 11.7. The fourth-order valence-electron chi connectivity index (χ4n) is 1.34. The van der Waals surface area contributed by atoms with E-state index in [1.54, 1.807) is 6.92 Å². The van der Waals surface area contributed by atoms with Crippen LogP contribution in [0.4, 0.5) is 15.8 Å². The number of nitro benzene ring substituents is 1. The van der Waals surface area contributed by atoms with Crippen molar-refractivity contribution in [3.8, 4) is 0 Å². The van der Waals surface area contributed by atoms with Crippen molar-refractivity contribution in [2.75, 3.05) is 11.9 Å². The van der Waals surface area contributed by atoms with Crippen molar-refractivity contribution in [1.82, 2.24) is 0 Å². The molecule has 0 radical (unpaired) electrons. The van der Waals surface area contributed by atoms with E-state index in [1.165, 1.54) is 13.0 Å². The second-order valence-electron chi connectivity index (χ2n) is 3.54. The van der Waals surface area contributed by atoms with E-state index in [1.807, 2.05) is 0 Å². The minimum absolute atomic E-state index is 0.0713. The van der Waals surface area contributed by atoms with Gasteiger partial charge in [0.1, 0.15) is 17.5 Å². The van der Waals surface area contributed by atoms with Crippen molar-refractivity contribution in [1.29, 1.82) is 0 Å². The third kappa shape index (κ3) is 3.41. The monoisotopic (exact) mass is 256 g/mol. The number of carbonyl (C=O) groups is 1. The Morgan fingerprint density at radius 2 is 2.28 bits per heavy atom. The summed E-state index contributed by atoms with van der Waals surface area (Å²) in [5, 5.41) is 13.4. The Morgan fingerprint density at radius 1 is 1.61 bits per heavy atom. The maximum atomic E-state index is 12.9. The van der Waals surface area contributed by atoms with Crippen molar-refractivity contribution >= 4 is 17.3 Å². The minimum Gasteiger partial charge on any atom is -0.464 e. The van der Waals surface area contributed by atoms with E-state index in [9.17, 15) is 19.3 Å². The Balaban J connectivity index is 2.90. The third-order valence-electron chi connectivity index (χ3n) is 2.17. The van der Waals surface area contributed by atoms with Gasteiger partial charge in [-0.1, -0.05) is 0 Å². The Hall–Kier alpha value is -2.18. The van der Waals surface area contributed by atoms with Crippen LogP contribution in [-0.2, 0) is 9.53 Å². The van der Waals surface area contributed by atoms with Gasteiger partial charge in [-0.15, -0.1) is 0 Å². The second-order valence-corrected chi connectivity index (χ2v) is 3.54. The van der Waals surface area contributed by atoms with Crippen LogP contribution in [0, 0.1) is 15.9 Å². The van der Waals surface area contributed by atoms with Gasteiger partial charge in [-0.25, -0.2) is 9.18 Å². The molecular weight excluding hydrogens is 243 g/mol. The van der Waals surface area contributed by atoms with Crippen molar-refractivity contribution in [3.63, 3.8) is 0 Å². The highest BCUT2D eigenvalue weighted by molar-refractivity contribution is 5.80. The predicted octanol–water partition coefficient (Wildman–Crippen LogP) is 2.10. The molecule has 98 valence electrons. The lowest BCUT2D eigenvalue weighted by atomic mass is 10.2. The first-order valence-electron chi connectivity index (χ1n) is 5.32. The molecule has 0 aliphatic heterocycles. The lowest BCUT2D eigenvalue weighted by Crippen LogP contribution is -2.28. The lowest BCUT2D eigenvalue weighted by Gasteiger charge is -2.13. The van der Waals surface area contributed by atoms with Gasteiger partial charge in [-0.2, -0.15) is 0 Å². The first kappa shape index (κ1) is 13.9. The van der Waals surface area contributed by atoms with Crippen molar-refractivity contribution in [3.05, 3.63) is 34.1 Å². The molecule has 1 aromatic carbocycles. The van der Waals surface area contributed by atoms with E-state index in [0.717, 1.165) is 12.1 Å². The van der Waals surface area contributed by atoms with Crippen LogP contribution in [0.2, 0.25) is 0 Å². The fourth-order valence-corrected chi connectivity index (χ4v) is 1.34. The maximum Gasteiger partial charge on any atom is 0.328 e. The summed E-state index contributed by atoms with van der Waals surface area (Å²) >= 11 is 0. The number of esters is 1.